The highest BCUT2D eigenvalue weighted by Crippen LogP contribution is 2.29. The molecule has 0 unspecified atom stereocenters. The number of hydrogen-bond donors (Lipinski definition) is 0. The fourth-order valence-electron chi connectivity index (χ4n) is 4.03. The SMILES string of the molecule is Cn1c(=O)n(CC2CCCC2)c2ccc(-c3ccccc3C#N)cc21. The van der Waals surface area contributed by atoms with Gasteiger partial charge in [-0.15, -0.1) is 0 Å². The summed E-state index contributed by atoms with van der Waals surface area (Å²) in [5, 5.41) is 9.35. The van der Waals surface area contributed by atoms with Crippen molar-refractivity contribution in [3.63, 3.8) is 0 Å². The highest BCUT2D eigenvalue weighted by molar-refractivity contribution is 5.84. The van der Waals surface area contributed by atoms with Crippen molar-refractivity contribution in [3.8, 4) is 17.2 Å². The van der Waals surface area contributed by atoms with Crippen molar-refractivity contribution in [3.05, 3.63) is 58.5 Å². The molecule has 0 bridgehead atoms. The molecule has 1 aliphatic carbocycles. The van der Waals surface area contributed by atoms with Gasteiger partial charge >= 0.3 is 5.69 Å². The van der Waals surface area contributed by atoms with E-state index in [4.69, 9.17) is 0 Å². The molecule has 3 aromatic rings. The molecular formula is C21H21N3O. The third-order valence-corrected chi connectivity index (χ3v) is 5.42. The molecule has 0 atom stereocenters. The van der Waals surface area contributed by atoms with Crippen LogP contribution in [0, 0.1) is 17.2 Å². The first-order valence-corrected chi connectivity index (χ1v) is 8.88. The summed E-state index contributed by atoms with van der Waals surface area (Å²) < 4.78 is 3.65. The second kappa shape index (κ2) is 6.25. The van der Waals surface area contributed by atoms with E-state index in [0.29, 0.717) is 11.5 Å². The molecule has 1 aromatic heterocycles. The summed E-state index contributed by atoms with van der Waals surface area (Å²) in [6, 6.07) is 15.9. The lowest BCUT2D eigenvalue weighted by Gasteiger charge is -2.10. The Hall–Kier alpha value is -2.80. The van der Waals surface area contributed by atoms with Crippen LogP contribution in [-0.2, 0) is 13.6 Å². The van der Waals surface area contributed by atoms with E-state index in [1.165, 1.54) is 25.7 Å². The average molecular weight is 331 g/mol. The number of nitriles is 1. The van der Waals surface area contributed by atoms with Crippen molar-refractivity contribution >= 4 is 11.0 Å². The van der Waals surface area contributed by atoms with E-state index in [1.807, 2.05) is 54.1 Å². The van der Waals surface area contributed by atoms with Crippen molar-refractivity contribution in [2.24, 2.45) is 13.0 Å². The van der Waals surface area contributed by atoms with Gasteiger partial charge in [0.2, 0.25) is 0 Å². The predicted molar refractivity (Wildman–Crippen MR) is 99.3 cm³/mol. The van der Waals surface area contributed by atoms with Crippen molar-refractivity contribution in [2.45, 2.75) is 32.2 Å². The minimum Gasteiger partial charge on any atom is -0.295 e. The normalized spacial score (nSPS) is 14.9. The maximum absolute atomic E-state index is 12.7. The van der Waals surface area contributed by atoms with Gasteiger partial charge in [0.25, 0.3) is 0 Å². The Morgan fingerprint density at radius 1 is 1.12 bits per heavy atom. The highest BCUT2D eigenvalue weighted by Gasteiger charge is 2.19. The zero-order chi connectivity index (χ0) is 17.4. The Kier molecular flexibility index (Phi) is 3.93. The van der Waals surface area contributed by atoms with E-state index in [1.54, 1.807) is 4.57 Å². The van der Waals surface area contributed by atoms with Crippen LogP contribution >= 0.6 is 0 Å². The second-order valence-electron chi connectivity index (χ2n) is 6.96. The van der Waals surface area contributed by atoms with Gasteiger partial charge in [0.05, 0.1) is 22.7 Å². The smallest absolute Gasteiger partial charge is 0.295 e. The molecule has 0 radical (unpaired) electrons. The number of rotatable bonds is 3. The largest absolute Gasteiger partial charge is 0.328 e. The Morgan fingerprint density at radius 2 is 1.88 bits per heavy atom. The van der Waals surface area contributed by atoms with Crippen molar-refractivity contribution in [1.82, 2.24) is 9.13 Å². The molecule has 4 nitrogen and oxygen atoms in total. The summed E-state index contributed by atoms with van der Waals surface area (Å²) in [7, 11) is 1.83. The van der Waals surface area contributed by atoms with Gasteiger partial charge in [0.15, 0.2) is 0 Å². The Balaban J connectivity index is 1.83. The maximum atomic E-state index is 12.7. The number of aromatic nitrogens is 2. The van der Waals surface area contributed by atoms with Crippen LogP contribution in [0.2, 0.25) is 0 Å². The van der Waals surface area contributed by atoms with E-state index in [-0.39, 0.29) is 5.69 Å². The van der Waals surface area contributed by atoms with Crippen molar-refractivity contribution in [2.75, 3.05) is 0 Å². The fourth-order valence-corrected chi connectivity index (χ4v) is 4.03. The molecule has 1 aliphatic rings. The van der Waals surface area contributed by atoms with E-state index < -0.39 is 0 Å². The molecule has 0 N–H and O–H groups in total. The first-order valence-electron chi connectivity index (χ1n) is 8.88. The summed E-state index contributed by atoms with van der Waals surface area (Å²) in [6.07, 6.45) is 4.99. The van der Waals surface area contributed by atoms with Crippen LogP contribution in [0.5, 0.6) is 0 Å². The van der Waals surface area contributed by atoms with Crippen LogP contribution in [0.3, 0.4) is 0 Å². The molecule has 0 aliphatic heterocycles. The quantitative estimate of drug-likeness (QED) is 0.726. The third-order valence-electron chi connectivity index (χ3n) is 5.42. The summed E-state index contributed by atoms with van der Waals surface area (Å²) in [4.78, 5) is 12.7. The number of fused-ring (bicyclic) bond motifs is 1. The molecule has 0 amide bonds. The zero-order valence-corrected chi connectivity index (χ0v) is 14.4. The first kappa shape index (κ1) is 15.7. The van der Waals surface area contributed by atoms with Crippen LogP contribution in [0.15, 0.2) is 47.3 Å². The monoisotopic (exact) mass is 331 g/mol. The summed E-state index contributed by atoms with van der Waals surface area (Å²) in [6.45, 7) is 0.810. The van der Waals surface area contributed by atoms with Gasteiger partial charge in [-0.2, -0.15) is 5.26 Å². The standard InChI is InChI=1S/C21H21N3O/c1-23-20-12-16(18-9-5-4-8-17(18)13-22)10-11-19(20)24(21(23)25)14-15-6-2-3-7-15/h4-5,8-12,15H,2-3,6-7,14H2,1H3. The third kappa shape index (κ3) is 2.66. The van der Waals surface area contributed by atoms with E-state index in [0.717, 1.165) is 28.7 Å². The van der Waals surface area contributed by atoms with Gasteiger partial charge in [-0.05, 0) is 48.1 Å². The lowest BCUT2D eigenvalue weighted by molar-refractivity contribution is 0.453. The van der Waals surface area contributed by atoms with Gasteiger partial charge in [0, 0.05) is 13.6 Å². The lowest BCUT2D eigenvalue weighted by Crippen LogP contribution is -2.24. The number of aryl methyl sites for hydroxylation is 1. The van der Waals surface area contributed by atoms with Crippen LogP contribution in [0.25, 0.3) is 22.2 Å². The minimum atomic E-state index is 0.0487. The Labute approximate surface area is 146 Å². The number of nitrogens with zero attached hydrogens (tertiary/aromatic N) is 3. The summed E-state index contributed by atoms with van der Waals surface area (Å²) in [5.74, 6) is 0.613. The lowest BCUT2D eigenvalue weighted by atomic mass is 10.00. The van der Waals surface area contributed by atoms with Gasteiger partial charge in [0.1, 0.15) is 0 Å². The second-order valence-corrected chi connectivity index (χ2v) is 6.96. The summed E-state index contributed by atoms with van der Waals surface area (Å²) >= 11 is 0. The number of hydrogen-bond acceptors (Lipinski definition) is 2. The zero-order valence-electron chi connectivity index (χ0n) is 14.4. The van der Waals surface area contributed by atoms with E-state index >= 15 is 0 Å². The van der Waals surface area contributed by atoms with Crippen LogP contribution in [-0.4, -0.2) is 9.13 Å². The van der Waals surface area contributed by atoms with Crippen LogP contribution < -0.4 is 5.69 Å². The maximum Gasteiger partial charge on any atom is 0.328 e. The average Bonchev–Trinajstić information content (AvgIpc) is 3.25. The van der Waals surface area contributed by atoms with Gasteiger partial charge < -0.3 is 0 Å². The van der Waals surface area contributed by atoms with E-state index in [2.05, 4.69) is 6.07 Å². The predicted octanol–water partition coefficient (Wildman–Crippen LogP) is 4.07. The van der Waals surface area contributed by atoms with Crippen LogP contribution in [0.4, 0.5) is 0 Å². The van der Waals surface area contributed by atoms with E-state index in [9.17, 15) is 10.1 Å². The van der Waals surface area contributed by atoms with Gasteiger partial charge in [-0.25, -0.2) is 4.79 Å². The molecule has 126 valence electrons. The molecule has 25 heavy (non-hydrogen) atoms. The fraction of sp³-hybridized carbons (Fsp3) is 0.333. The van der Waals surface area contributed by atoms with Gasteiger partial charge in [-0.1, -0.05) is 37.1 Å². The molecule has 1 heterocycles. The van der Waals surface area contributed by atoms with Crippen molar-refractivity contribution in [1.29, 1.82) is 5.26 Å². The minimum absolute atomic E-state index is 0.0487. The van der Waals surface area contributed by atoms with Gasteiger partial charge in [-0.3, -0.25) is 9.13 Å². The Morgan fingerprint density at radius 3 is 2.64 bits per heavy atom. The summed E-state index contributed by atoms with van der Waals surface area (Å²) in [5.41, 5.74) is 4.48. The molecular weight excluding hydrogens is 310 g/mol. The molecule has 0 saturated heterocycles. The molecule has 1 saturated carbocycles. The molecule has 1 fully saturated rings. The molecule has 2 aromatic carbocycles. The molecule has 4 rings (SSSR count). The topological polar surface area (TPSA) is 50.7 Å². The van der Waals surface area contributed by atoms with Crippen molar-refractivity contribution < 1.29 is 0 Å². The van der Waals surface area contributed by atoms with Crippen LogP contribution in [0.1, 0.15) is 31.2 Å². The molecule has 0 spiro atoms. The highest BCUT2D eigenvalue weighted by atomic mass is 16.1. The molecule has 4 heteroatoms. The number of imidazole rings is 1. The number of benzene rings is 2. The first-order chi connectivity index (χ1) is 12.2. The Bertz CT molecular complexity index is 1030.